The van der Waals surface area contributed by atoms with Crippen molar-refractivity contribution in [1.82, 2.24) is 4.98 Å². The molecule has 0 aromatic carbocycles. The van der Waals surface area contributed by atoms with Crippen LogP contribution in [0.5, 0.6) is 0 Å². The lowest BCUT2D eigenvalue weighted by Gasteiger charge is -2.15. The highest BCUT2D eigenvalue weighted by Crippen LogP contribution is 2.17. The number of pyridine rings is 1. The average Bonchev–Trinajstić information content (AvgIpc) is 2.14. The third-order valence-electron chi connectivity index (χ3n) is 1.68. The Labute approximate surface area is 78.5 Å². The quantitative estimate of drug-likeness (QED) is 0.595. The smallest absolute Gasteiger partial charge is 0.215 e. The van der Waals surface area contributed by atoms with E-state index in [-0.39, 0.29) is 5.56 Å². The molecule has 1 heterocycles. The summed E-state index contributed by atoms with van der Waals surface area (Å²) in [5.74, 6) is -2.19. The van der Waals surface area contributed by atoms with Gasteiger partial charge in [0.2, 0.25) is 11.9 Å². The van der Waals surface area contributed by atoms with Crippen LogP contribution in [-0.2, 0) is 0 Å². The van der Waals surface area contributed by atoms with Crippen molar-refractivity contribution in [1.29, 1.82) is 0 Å². The molecule has 0 bridgehead atoms. The van der Waals surface area contributed by atoms with Gasteiger partial charge in [0.15, 0.2) is 0 Å². The second-order valence-electron chi connectivity index (χ2n) is 2.74. The van der Waals surface area contributed by atoms with Crippen LogP contribution >= 0.6 is 0 Å². The third-order valence-corrected chi connectivity index (χ3v) is 1.68. The zero-order chi connectivity index (χ0) is 10.7. The van der Waals surface area contributed by atoms with Gasteiger partial charge < -0.3 is 15.3 Å². The molecule has 2 unspecified atom stereocenters. The minimum absolute atomic E-state index is 0.170. The predicted octanol–water partition coefficient (Wildman–Crippen LogP) is -0.254. The van der Waals surface area contributed by atoms with Crippen LogP contribution in [0.25, 0.3) is 0 Å². The highest BCUT2D eigenvalue weighted by atomic mass is 19.1. The SMILES string of the molecule is OCC(O)C(O)c1cc(F)nc(F)c1. The monoisotopic (exact) mass is 205 g/mol. The van der Waals surface area contributed by atoms with Crippen molar-refractivity contribution in [2.75, 3.05) is 6.61 Å². The van der Waals surface area contributed by atoms with E-state index in [0.717, 1.165) is 12.1 Å². The van der Waals surface area contributed by atoms with Crippen LogP contribution in [0.15, 0.2) is 12.1 Å². The Morgan fingerprint density at radius 3 is 2.14 bits per heavy atom. The molecule has 2 atom stereocenters. The maximum Gasteiger partial charge on any atom is 0.215 e. The van der Waals surface area contributed by atoms with Crippen LogP contribution in [-0.4, -0.2) is 33.0 Å². The molecule has 14 heavy (non-hydrogen) atoms. The lowest BCUT2D eigenvalue weighted by molar-refractivity contribution is -0.0156. The molecule has 1 rings (SSSR count). The third kappa shape index (κ3) is 2.44. The van der Waals surface area contributed by atoms with Gasteiger partial charge in [-0.05, 0) is 17.7 Å². The fraction of sp³-hybridized carbons (Fsp3) is 0.375. The molecule has 3 N–H and O–H groups in total. The van der Waals surface area contributed by atoms with E-state index in [4.69, 9.17) is 10.2 Å². The van der Waals surface area contributed by atoms with Crippen LogP contribution in [0.4, 0.5) is 8.78 Å². The van der Waals surface area contributed by atoms with Gasteiger partial charge in [0, 0.05) is 0 Å². The molecule has 0 fully saturated rings. The van der Waals surface area contributed by atoms with E-state index in [0.29, 0.717) is 0 Å². The largest absolute Gasteiger partial charge is 0.394 e. The van der Waals surface area contributed by atoms with E-state index >= 15 is 0 Å². The lowest BCUT2D eigenvalue weighted by Crippen LogP contribution is -2.22. The lowest BCUT2D eigenvalue weighted by atomic mass is 10.1. The number of rotatable bonds is 3. The molecule has 0 saturated carbocycles. The van der Waals surface area contributed by atoms with Crippen LogP contribution in [0.2, 0.25) is 0 Å². The van der Waals surface area contributed by atoms with Crippen molar-refractivity contribution in [3.05, 3.63) is 29.6 Å². The van der Waals surface area contributed by atoms with Crippen molar-refractivity contribution < 1.29 is 24.1 Å². The normalized spacial score (nSPS) is 15.2. The first-order valence-electron chi connectivity index (χ1n) is 3.84. The molecular formula is C8H9F2NO3. The first kappa shape index (κ1) is 11.0. The van der Waals surface area contributed by atoms with Gasteiger partial charge >= 0.3 is 0 Å². The molecule has 4 nitrogen and oxygen atoms in total. The average molecular weight is 205 g/mol. The summed E-state index contributed by atoms with van der Waals surface area (Å²) in [4.78, 5) is 2.81. The van der Waals surface area contributed by atoms with Crippen LogP contribution < -0.4 is 0 Å². The molecule has 0 spiro atoms. The molecule has 0 aliphatic rings. The van der Waals surface area contributed by atoms with Crippen LogP contribution in [0, 0.1) is 11.9 Å². The second kappa shape index (κ2) is 4.41. The van der Waals surface area contributed by atoms with Crippen molar-refractivity contribution in [3.8, 4) is 0 Å². The molecule has 0 aliphatic carbocycles. The standard InChI is InChI=1S/C8H9F2NO3/c9-6-1-4(2-7(10)11-6)8(14)5(13)3-12/h1-2,5,8,12-14H,3H2. The fourth-order valence-electron chi connectivity index (χ4n) is 0.976. The Hall–Kier alpha value is -1.11. The zero-order valence-corrected chi connectivity index (χ0v) is 7.06. The molecule has 0 amide bonds. The Morgan fingerprint density at radius 2 is 1.71 bits per heavy atom. The summed E-state index contributed by atoms with van der Waals surface area (Å²) < 4.78 is 25.1. The van der Waals surface area contributed by atoms with E-state index in [1.165, 1.54) is 0 Å². The zero-order valence-electron chi connectivity index (χ0n) is 7.06. The van der Waals surface area contributed by atoms with Crippen molar-refractivity contribution in [2.45, 2.75) is 12.2 Å². The number of aromatic nitrogens is 1. The predicted molar refractivity (Wildman–Crippen MR) is 42.2 cm³/mol. The molecule has 1 aromatic rings. The Balaban J connectivity index is 2.94. The highest BCUT2D eigenvalue weighted by Gasteiger charge is 2.19. The maximum absolute atomic E-state index is 12.5. The second-order valence-corrected chi connectivity index (χ2v) is 2.74. The van der Waals surface area contributed by atoms with E-state index in [1.807, 2.05) is 0 Å². The minimum atomic E-state index is -1.54. The number of aliphatic hydroxyl groups is 3. The molecule has 1 aromatic heterocycles. The number of nitrogens with zero attached hydrogens (tertiary/aromatic N) is 1. The summed E-state index contributed by atoms with van der Waals surface area (Å²) in [5.41, 5.74) is -0.170. The minimum Gasteiger partial charge on any atom is -0.394 e. The van der Waals surface area contributed by atoms with Gasteiger partial charge in [-0.2, -0.15) is 13.8 Å². The molecule has 0 aliphatic heterocycles. The van der Waals surface area contributed by atoms with Gasteiger partial charge in [0.1, 0.15) is 12.2 Å². The van der Waals surface area contributed by atoms with E-state index in [1.54, 1.807) is 0 Å². The maximum atomic E-state index is 12.5. The number of halogens is 2. The topological polar surface area (TPSA) is 73.6 Å². The Morgan fingerprint density at radius 1 is 1.21 bits per heavy atom. The number of hydrogen-bond acceptors (Lipinski definition) is 4. The van der Waals surface area contributed by atoms with Gasteiger partial charge in [-0.3, -0.25) is 0 Å². The van der Waals surface area contributed by atoms with Gasteiger partial charge in [0.05, 0.1) is 6.61 Å². The summed E-state index contributed by atoms with van der Waals surface area (Å²) in [6.07, 6.45) is -3.01. The van der Waals surface area contributed by atoms with Gasteiger partial charge in [-0.15, -0.1) is 0 Å². The summed E-state index contributed by atoms with van der Waals surface area (Å²) in [5, 5.41) is 26.8. The van der Waals surface area contributed by atoms with Gasteiger partial charge in [-0.25, -0.2) is 0 Å². The van der Waals surface area contributed by atoms with Gasteiger partial charge in [-0.1, -0.05) is 0 Å². The van der Waals surface area contributed by atoms with Gasteiger partial charge in [0.25, 0.3) is 0 Å². The molecule has 0 radical (unpaired) electrons. The number of aliphatic hydroxyl groups excluding tert-OH is 3. The van der Waals surface area contributed by atoms with Crippen LogP contribution in [0.3, 0.4) is 0 Å². The van der Waals surface area contributed by atoms with Crippen LogP contribution in [0.1, 0.15) is 11.7 Å². The summed E-state index contributed by atoms with van der Waals surface area (Å²) in [7, 11) is 0. The van der Waals surface area contributed by atoms with E-state index < -0.39 is 30.7 Å². The molecule has 0 saturated heterocycles. The first-order chi connectivity index (χ1) is 6.54. The van der Waals surface area contributed by atoms with Crippen molar-refractivity contribution in [3.63, 3.8) is 0 Å². The first-order valence-corrected chi connectivity index (χ1v) is 3.84. The van der Waals surface area contributed by atoms with E-state index in [2.05, 4.69) is 4.98 Å². The summed E-state index contributed by atoms with van der Waals surface area (Å²) >= 11 is 0. The van der Waals surface area contributed by atoms with Crippen molar-refractivity contribution in [2.24, 2.45) is 0 Å². The summed E-state index contributed by atoms with van der Waals surface area (Å²) in [6.45, 7) is -0.702. The Bertz CT molecular complexity index is 301. The number of hydrogen-bond donors (Lipinski definition) is 3. The fourth-order valence-corrected chi connectivity index (χ4v) is 0.976. The van der Waals surface area contributed by atoms with E-state index in [9.17, 15) is 13.9 Å². The molecule has 78 valence electrons. The summed E-state index contributed by atoms with van der Waals surface area (Å²) in [6, 6.07) is 1.57. The highest BCUT2D eigenvalue weighted by molar-refractivity contribution is 5.16. The molecule has 6 heteroatoms. The molecular weight excluding hydrogens is 196 g/mol. The Kier molecular flexibility index (Phi) is 3.45. The van der Waals surface area contributed by atoms with Crippen molar-refractivity contribution >= 4 is 0 Å².